The van der Waals surface area contributed by atoms with E-state index >= 15 is 0 Å². The maximum Gasteiger partial charge on any atom is 0.264 e. The zero-order valence-corrected chi connectivity index (χ0v) is 8.15. The first kappa shape index (κ1) is 10.9. The molecule has 0 aromatic rings. The Hall–Kier alpha value is -0.0900. The van der Waals surface area contributed by atoms with Crippen LogP contribution in [-0.2, 0) is 14.3 Å². The van der Waals surface area contributed by atoms with Crippen molar-refractivity contribution in [3.63, 3.8) is 0 Å². The van der Waals surface area contributed by atoms with Crippen molar-refractivity contribution in [3.8, 4) is 0 Å². The van der Waals surface area contributed by atoms with Crippen molar-refractivity contribution in [3.05, 3.63) is 0 Å². The second-order valence-electron chi connectivity index (χ2n) is 2.67. The van der Waals surface area contributed by atoms with Crippen LogP contribution in [0.5, 0.6) is 0 Å². The van der Waals surface area contributed by atoms with Crippen LogP contribution in [0.1, 0.15) is 26.7 Å². The van der Waals surface area contributed by atoms with Crippen LogP contribution in [0.2, 0.25) is 0 Å². The molecule has 0 heterocycles. The minimum atomic E-state index is -3.24. The minimum Gasteiger partial charge on any atom is -0.270 e. The molecule has 11 heavy (non-hydrogen) atoms. The summed E-state index contributed by atoms with van der Waals surface area (Å²) in [6.07, 6.45) is 3.01. The molecule has 0 aromatic carbocycles. The standard InChI is InChI=1S/C7H16O3S/c1-4-7(5-2)6-10-11(3,8)9/h7H,4-6H2,1-3H3. The fourth-order valence-corrected chi connectivity index (χ4v) is 1.18. The average Bonchev–Trinajstić information content (AvgIpc) is 1.88. The topological polar surface area (TPSA) is 43.4 Å². The largest absolute Gasteiger partial charge is 0.270 e. The van der Waals surface area contributed by atoms with Gasteiger partial charge in [-0.25, -0.2) is 0 Å². The van der Waals surface area contributed by atoms with Gasteiger partial charge in [0.25, 0.3) is 10.1 Å². The number of rotatable bonds is 5. The van der Waals surface area contributed by atoms with Gasteiger partial charge in [0.05, 0.1) is 12.9 Å². The van der Waals surface area contributed by atoms with Gasteiger partial charge in [-0.3, -0.25) is 4.18 Å². The van der Waals surface area contributed by atoms with Gasteiger partial charge in [-0.2, -0.15) is 8.42 Å². The number of hydrogen-bond acceptors (Lipinski definition) is 3. The van der Waals surface area contributed by atoms with E-state index < -0.39 is 10.1 Å². The number of hydrogen-bond donors (Lipinski definition) is 0. The highest BCUT2D eigenvalue weighted by atomic mass is 32.2. The van der Waals surface area contributed by atoms with Gasteiger partial charge in [0.1, 0.15) is 0 Å². The van der Waals surface area contributed by atoms with Gasteiger partial charge in [0.15, 0.2) is 0 Å². The van der Waals surface area contributed by atoms with Gasteiger partial charge in [-0.15, -0.1) is 0 Å². The van der Waals surface area contributed by atoms with Gasteiger partial charge in [-0.05, 0) is 5.92 Å². The Morgan fingerprint density at radius 1 is 1.27 bits per heavy atom. The lowest BCUT2D eigenvalue weighted by molar-refractivity contribution is 0.248. The summed E-state index contributed by atoms with van der Waals surface area (Å²) >= 11 is 0. The molecule has 0 atom stereocenters. The Balaban J connectivity index is 3.69. The van der Waals surface area contributed by atoms with Gasteiger partial charge in [-0.1, -0.05) is 26.7 Å². The molecule has 4 heteroatoms. The van der Waals surface area contributed by atoms with Crippen LogP contribution in [-0.4, -0.2) is 21.3 Å². The van der Waals surface area contributed by atoms with Crippen molar-refractivity contribution in [1.29, 1.82) is 0 Å². The van der Waals surface area contributed by atoms with E-state index in [0.717, 1.165) is 19.1 Å². The fourth-order valence-electron chi connectivity index (χ4n) is 0.744. The van der Waals surface area contributed by atoms with Crippen molar-refractivity contribution in [2.24, 2.45) is 5.92 Å². The zero-order valence-electron chi connectivity index (χ0n) is 7.33. The molecule has 0 radical (unpaired) electrons. The van der Waals surface area contributed by atoms with Crippen LogP contribution in [0, 0.1) is 5.92 Å². The second-order valence-corrected chi connectivity index (χ2v) is 4.32. The lowest BCUT2D eigenvalue weighted by atomic mass is 10.1. The normalized spacial score (nSPS) is 12.4. The van der Waals surface area contributed by atoms with E-state index in [1.807, 2.05) is 13.8 Å². The smallest absolute Gasteiger partial charge is 0.264 e. The van der Waals surface area contributed by atoms with Gasteiger partial charge in [0.2, 0.25) is 0 Å². The van der Waals surface area contributed by atoms with Crippen LogP contribution >= 0.6 is 0 Å². The molecule has 0 aliphatic heterocycles. The molecular weight excluding hydrogens is 164 g/mol. The Bertz CT molecular complexity index is 180. The highest BCUT2D eigenvalue weighted by Gasteiger charge is 2.07. The highest BCUT2D eigenvalue weighted by Crippen LogP contribution is 2.08. The quantitative estimate of drug-likeness (QED) is 0.601. The van der Waals surface area contributed by atoms with Crippen LogP contribution in [0.3, 0.4) is 0 Å². The average molecular weight is 180 g/mol. The summed E-state index contributed by atoms with van der Waals surface area (Å²) in [5, 5.41) is 0. The Morgan fingerprint density at radius 2 is 1.73 bits per heavy atom. The van der Waals surface area contributed by atoms with E-state index in [4.69, 9.17) is 0 Å². The summed E-state index contributed by atoms with van der Waals surface area (Å²) in [5.74, 6) is 0.365. The first-order valence-corrected chi connectivity index (χ1v) is 5.65. The zero-order chi connectivity index (χ0) is 8.91. The lowest BCUT2D eigenvalue weighted by Gasteiger charge is -2.10. The summed E-state index contributed by atoms with van der Waals surface area (Å²) in [5.41, 5.74) is 0. The van der Waals surface area contributed by atoms with E-state index in [0.29, 0.717) is 12.5 Å². The van der Waals surface area contributed by atoms with Crippen LogP contribution < -0.4 is 0 Å². The Labute approximate surface area is 68.9 Å². The first-order valence-electron chi connectivity index (χ1n) is 3.84. The second kappa shape index (κ2) is 4.72. The molecule has 3 nitrogen and oxygen atoms in total. The SMILES string of the molecule is CCC(CC)COS(C)(=O)=O. The third kappa shape index (κ3) is 6.31. The molecule has 0 fully saturated rings. The summed E-state index contributed by atoms with van der Waals surface area (Å²) in [7, 11) is -3.24. The van der Waals surface area contributed by atoms with Crippen LogP contribution in [0.25, 0.3) is 0 Å². The summed E-state index contributed by atoms with van der Waals surface area (Å²) in [6.45, 7) is 4.38. The van der Waals surface area contributed by atoms with Gasteiger partial charge in [0, 0.05) is 0 Å². The molecule has 0 N–H and O–H groups in total. The minimum absolute atomic E-state index is 0.325. The maximum absolute atomic E-state index is 10.5. The monoisotopic (exact) mass is 180 g/mol. The highest BCUT2D eigenvalue weighted by molar-refractivity contribution is 7.85. The third-order valence-corrected chi connectivity index (χ3v) is 2.24. The van der Waals surface area contributed by atoms with Crippen LogP contribution in [0.4, 0.5) is 0 Å². The summed E-state index contributed by atoms with van der Waals surface area (Å²) in [6, 6.07) is 0. The molecular formula is C7H16O3S. The molecule has 0 aromatic heterocycles. The van der Waals surface area contributed by atoms with E-state index in [1.165, 1.54) is 0 Å². The van der Waals surface area contributed by atoms with Crippen molar-refractivity contribution in [2.75, 3.05) is 12.9 Å². The fraction of sp³-hybridized carbons (Fsp3) is 1.00. The van der Waals surface area contributed by atoms with E-state index in [1.54, 1.807) is 0 Å². The molecule has 0 aliphatic carbocycles. The predicted molar refractivity (Wildman–Crippen MR) is 44.9 cm³/mol. The van der Waals surface area contributed by atoms with Crippen molar-refractivity contribution < 1.29 is 12.6 Å². The van der Waals surface area contributed by atoms with Crippen molar-refractivity contribution >= 4 is 10.1 Å². The lowest BCUT2D eigenvalue weighted by Crippen LogP contribution is -2.12. The van der Waals surface area contributed by atoms with Crippen LogP contribution in [0.15, 0.2) is 0 Å². The molecule has 0 amide bonds. The van der Waals surface area contributed by atoms with Crippen molar-refractivity contribution in [1.82, 2.24) is 0 Å². The molecule has 0 spiro atoms. The first-order chi connectivity index (χ1) is 4.99. The summed E-state index contributed by atoms with van der Waals surface area (Å²) < 4.78 is 25.7. The van der Waals surface area contributed by atoms with E-state index in [-0.39, 0.29) is 0 Å². The summed E-state index contributed by atoms with van der Waals surface area (Å²) in [4.78, 5) is 0. The van der Waals surface area contributed by atoms with E-state index in [2.05, 4.69) is 4.18 Å². The molecule has 0 aliphatic rings. The van der Waals surface area contributed by atoms with Crippen molar-refractivity contribution in [2.45, 2.75) is 26.7 Å². The molecule has 0 unspecified atom stereocenters. The Kier molecular flexibility index (Phi) is 4.68. The van der Waals surface area contributed by atoms with E-state index in [9.17, 15) is 8.42 Å². The molecule has 0 rings (SSSR count). The molecule has 68 valence electrons. The molecule has 0 bridgehead atoms. The predicted octanol–water partition coefficient (Wildman–Crippen LogP) is 1.40. The molecule has 0 saturated heterocycles. The Morgan fingerprint density at radius 3 is 2.00 bits per heavy atom. The maximum atomic E-state index is 10.5. The van der Waals surface area contributed by atoms with Gasteiger partial charge >= 0.3 is 0 Å². The van der Waals surface area contributed by atoms with Gasteiger partial charge < -0.3 is 0 Å². The third-order valence-electron chi connectivity index (χ3n) is 1.67. The molecule has 0 saturated carbocycles.